The molecule has 1 aromatic heterocycles. The molecule has 0 bridgehead atoms. The molecule has 0 aliphatic heterocycles. The number of aryl methyl sites for hydroxylation is 1. The SMILES string of the molecule is CCOC(=O)CCCCCn1nc([N+](=O)[O-])nc1Br. The fraction of sp³-hybridized carbons (Fsp3) is 0.700. The van der Waals surface area contributed by atoms with Gasteiger partial charge in [-0.1, -0.05) is 6.42 Å². The van der Waals surface area contributed by atoms with E-state index in [1.54, 1.807) is 6.92 Å². The first-order chi connectivity index (χ1) is 9.04. The van der Waals surface area contributed by atoms with Gasteiger partial charge >= 0.3 is 11.9 Å². The highest BCUT2D eigenvalue weighted by Crippen LogP contribution is 2.13. The van der Waals surface area contributed by atoms with Crippen LogP contribution in [0.3, 0.4) is 0 Å². The summed E-state index contributed by atoms with van der Waals surface area (Å²) in [5.41, 5.74) is 0. The first-order valence-electron chi connectivity index (χ1n) is 5.95. The van der Waals surface area contributed by atoms with Crippen molar-refractivity contribution in [2.75, 3.05) is 6.61 Å². The highest BCUT2D eigenvalue weighted by Gasteiger charge is 2.18. The summed E-state index contributed by atoms with van der Waals surface area (Å²) in [4.78, 5) is 24.6. The Morgan fingerprint density at radius 1 is 1.47 bits per heavy atom. The van der Waals surface area contributed by atoms with E-state index in [0.29, 0.717) is 24.3 Å². The van der Waals surface area contributed by atoms with Gasteiger partial charge in [0.05, 0.1) is 13.2 Å². The number of nitrogens with zero attached hydrogens (tertiary/aromatic N) is 4. The van der Waals surface area contributed by atoms with Gasteiger partial charge in [-0.2, -0.15) is 4.68 Å². The molecule has 0 spiro atoms. The largest absolute Gasteiger partial charge is 0.492 e. The average molecular weight is 335 g/mol. The van der Waals surface area contributed by atoms with E-state index in [-0.39, 0.29) is 5.97 Å². The van der Waals surface area contributed by atoms with Crippen molar-refractivity contribution in [3.8, 4) is 0 Å². The smallest absolute Gasteiger partial charge is 0.466 e. The van der Waals surface area contributed by atoms with Gasteiger partial charge in [-0.25, -0.2) is 0 Å². The first-order valence-corrected chi connectivity index (χ1v) is 6.74. The third-order valence-electron chi connectivity index (χ3n) is 2.33. The Bertz CT molecular complexity index is 449. The second kappa shape index (κ2) is 7.82. The lowest BCUT2D eigenvalue weighted by atomic mass is 10.2. The van der Waals surface area contributed by atoms with Gasteiger partial charge in [-0.05, 0) is 29.7 Å². The van der Waals surface area contributed by atoms with Crippen LogP contribution in [-0.4, -0.2) is 32.3 Å². The molecule has 0 fully saturated rings. The minimum absolute atomic E-state index is 0.194. The van der Waals surface area contributed by atoms with E-state index in [1.165, 1.54) is 4.68 Å². The number of halogens is 1. The van der Waals surface area contributed by atoms with Crippen LogP contribution in [0.25, 0.3) is 0 Å². The number of hydrogen-bond donors (Lipinski definition) is 0. The van der Waals surface area contributed by atoms with Gasteiger partial charge in [0, 0.05) is 27.4 Å². The number of unbranched alkanes of at least 4 members (excludes halogenated alkanes) is 2. The molecule has 0 unspecified atom stereocenters. The molecule has 1 aromatic rings. The number of ether oxygens (including phenoxy) is 1. The summed E-state index contributed by atoms with van der Waals surface area (Å²) in [7, 11) is 0. The topological polar surface area (TPSA) is 100 Å². The molecule has 0 N–H and O–H groups in total. The highest BCUT2D eigenvalue weighted by molar-refractivity contribution is 9.10. The molecule has 0 radical (unpaired) electrons. The molecule has 9 heteroatoms. The van der Waals surface area contributed by atoms with Gasteiger partial charge in [0.15, 0.2) is 0 Å². The molecule has 0 aromatic carbocycles. The fourth-order valence-corrected chi connectivity index (χ4v) is 1.89. The fourth-order valence-electron chi connectivity index (χ4n) is 1.47. The molecular weight excluding hydrogens is 320 g/mol. The second-order valence-electron chi connectivity index (χ2n) is 3.78. The second-order valence-corrected chi connectivity index (χ2v) is 4.49. The van der Waals surface area contributed by atoms with Crippen LogP contribution in [0.2, 0.25) is 0 Å². The molecule has 0 amide bonds. The molecule has 19 heavy (non-hydrogen) atoms. The molecule has 1 heterocycles. The Morgan fingerprint density at radius 3 is 2.79 bits per heavy atom. The standard InChI is InChI=1S/C10H15BrN4O4/c1-2-19-8(16)6-4-3-5-7-14-9(11)12-10(13-14)15(17)18/h2-7H2,1H3. The summed E-state index contributed by atoms with van der Waals surface area (Å²) >= 11 is 3.11. The minimum atomic E-state index is -0.637. The first kappa shape index (κ1) is 15.5. The van der Waals surface area contributed by atoms with E-state index in [9.17, 15) is 14.9 Å². The zero-order valence-corrected chi connectivity index (χ0v) is 12.1. The third kappa shape index (κ3) is 5.33. The summed E-state index contributed by atoms with van der Waals surface area (Å²) in [6, 6.07) is 0. The molecule has 1 rings (SSSR count). The van der Waals surface area contributed by atoms with Crippen molar-refractivity contribution in [1.29, 1.82) is 0 Å². The number of esters is 1. The Balaban J connectivity index is 2.26. The maximum absolute atomic E-state index is 11.1. The maximum atomic E-state index is 11.1. The van der Waals surface area contributed by atoms with Crippen LogP contribution < -0.4 is 0 Å². The Labute approximate surface area is 118 Å². The molecule has 106 valence electrons. The van der Waals surface area contributed by atoms with Gasteiger partial charge in [0.2, 0.25) is 0 Å². The summed E-state index contributed by atoms with van der Waals surface area (Å²) in [5, 5.41) is 14.2. The van der Waals surface area contributed by atoms with E-state index in [1.807, 2.05) is 0 Å². The highest BCUT2D eigenvalue weighted by atomic mass is 79.9. The van der Waals surface area contributed by atoms with Gasteiger partial charge in [-0.15, -0.1) is 0 Å². The molecular formula is C10H15BrN4O4. The Morgan fingerprint density at radius 2 is 2.21 bits per heavy atom. The van der Waals surface area contributed by atoms with Crippen LogP contribution in [0.4, 0.5) is 5.95 Å². The van der Waals surface area contributed by atoms with Crippen molar-refractivity contribution in [2.24, 2.45) is 0 Å². The van der Waals surface area contributed by atoms with Gasteiger partial charge in [-0.3, -0.25) is 4.79 Å². The Hall–Kier alpha value is -1.51. The van der Waals surface area contributed by atoms with E-state index >= 15 is 0 Å². The zero-order chi connectivity index (χ0) is 14.3. The van der Waals surface area contributed by atoms with Crippen LogP contribution in [0, 0.1) is 10.1 Å². The van der Waals surface area contributed by atoms with E-state index in [0.717, 1.165) is 19.3 Å². The monoisotopic (exact) mass is 334 g/mol. The van der Waals surface area contributed by atoms with Crippen LogP contribution in [0.15, 0.2) is 4.73 Å². The number of aromatic nitrogens is 3. The van der Waals surface area contributed by atoms with Crippen molar-refractivity contribution in [1.82, 2.24) is 14.8 Å². The molecule has 0 saturated heterocycles. The van der Waals surface area contributed by atoms with Crippen LogP contribution in [0.1, 0.15) is 32.6 Å². The lowest BCUT2D eigenvalue weighted by Gasteiger charge is -2.01. The van der Waals surface area contributed by atoms with Crippen molar-refractivity contribution in [3.63, 3.8) is 0 Å². The Kier molecular flexibility index (Phi) is 6.40. The average Bonchev–Trinajstić information content (AvgIpc) is 2.71. The lowest BCUT2D eigenvalue weighted by Crippen LogP contribution is -2.04. The van der Waals surface area contributed by atoms with Crippen LogP contribution >= 0.6 is 15.9 Å². The molecule has 0 aliphatic rings. The lowest BCUT2D eigenvalue weighted by molar-refractivity contribution is -0.394. The minimum Gasteiger partial charge on any atom is -0.466 e. The van der Waals surface area contributed by atoms with E-state index in [4.69, 9.17) is 4.74 Å². The van der Waals surface area contributed by atoms with Crippen LogP contribution in [-0.2, 0) is 16.1 Å². The number of carbonyl (C=O) groups excluding carboxylic acids is 1. The normalized spacial score (nSPS) is 10.4. The zero-order valence-electron chi connectivity index (χ0n) is 10.5. The van der Waals surface area contributed by atoms with Gasteiger partial charge in [0.1, 0.15) is 0 Å². The summed E-state index contributed by atoms with van der Waals surface area (Å²) in [6.45, 7) is 2.69. The van der Waals surface area contributed by atoms with Crippen LogP contribution in [0.5, 0.6) is 0 Å². The van der Waals surface area contributed by atoms with Crippen molar-refractivity contribution >= 4 is 27.8 Å². The number of nitro groups is 1. The molecule has 0 saturated carbocycles. The van der Waals surface area contributed by atoms with Gasteiger partial charge in [0.25, 0.3) is 4.73 Å². The molecule has 0 atom stereocenters. The third-order valence-corrected chi connectivity index (χ3v) is 2.92. The number of rotatable bonds is 8. The van der Waals surface area contributed by atoms with Crippen molar-refractivity contribution < 1.29 is 14.5 Å². The van der Waals surface area contributed by atoms with Crippen molar-refractivity contribution in [3.05, 3.63) is 14.8 Å². The number of hydrogen-bond acceptors (Lipinski definition) is 6. The van der Waals surface area contributed by atoms with E-state index < -0.39 is 10.9 Å². The van der Waals surface area contributed by atoms with Crippen molar-refractivity contribution in [2.45, 2.75) is 39.2 Å². The number of carbonyl (C=O) groups is 1. The summed E-state index contributed by atoms with van der Waals surface area (Å²) < 4.78 is 6.58. The molecule has 0 aliphatic carbocycles. The maximum Gasteiger partial charge on any atom is 0.492 e. The van der Waals surface area contributed by atoms with E-state index in [2.05, 4.69) is 26.0 Å². The molecule has 8 nitrogen and oxygen atoms in total. The quantitative estimate of drug-likeness (QED) is 0.312. The predicted octanol–water partition coefficient (Wildman–Crippen LogP) is 2.07. The van der Waals surface area contributed by atoms with Gasteiger partial charge < -0.3 is 14.9 Å². The summed E-state index contributed by atoms with van der Waals surface area (Å²) in [6.07, 6.45) is 2.71. The predicted molar refractivity (Wildman–Crippen MR) is 69.5 cm³/mol. The summed E-state index contributed by atoms with van der Waals surface area (Å²) in [5.74, 6) is -0.613.